The molecule has 2 aliphatic rings. The summed E-state index contributed by atoms with van der Waals surface area (Å²) in [5.74, 6) is 0.219. The molecule has 0 saturated carbocycles. The Balaban J connectivity index is 1.62. The summed E-state index contributed by atoms with van der Waals surface area (Å²) in [5.41, 5.74) is 0.906. The number of carbonyl (C=O) groups excluding carboxylic acids is 1. The summed E-state index contributed by atoms with van der Waals surface area (Å²) in [7, 11) is 0. The Kier molecular flexibility index (Phi) is 5.89. The topological polar surface area (TPSA) is 73.2 Å². The van der Waals surface area contributed by atoms with Gasteiger partial charge in [-0.1, -0.05) is 18.7 Å². The Morgan fingerprint density at radius 3 is 3.08 bits per heavy atom. The number of fused-ring (bicyclic) bond motifs is 1. The van der Waals surface area contributed by atoms with E-state index in [2.05, 4.69) is 17.2 Å². The maximum Gasteiger partial charge on any atom is 0.268 e. The molecule has 2 atom stereocenters. The number of amides is 1. The molecule has 3 rings (SSSR count). The minimum Gasteiger partial charge on any atom is -0.376 e. The highest BCUT2D eigenvalue weighted by molar-refractivity contribution is 8.00. The summed E-state index contributed by atoms with van der Waals surface area (Å²) in [6, 6.07) is 0. The van der Waals surface area contributed by atoms with Crippen LogP contribution in [0.3, 0.4) is 0 Å². The first-order chi connectivity index (χ1) is 11.6. The number of thioether (sulfide) groups is 2. The SMILES string of the molecule is CCn1c(SCC(=O)NC[C@H]2CCCO2)nc2c(c1=O)S[C@@H](C)C2. The molecule has 2 aliphatic heterocycles. The number of nitrogens with zero attached hydrogens (tertiary/aromatic N) is 2. The van der Waals surface area contributed by atoms with Crippen LogP contribution in [0.1, 0.15) is 32.4 Å². The van der Waals surface area contributed by atoms with Gasteiger partial charge in [0.1, 0.15) is 0 Å². The molecule has 132 valence electrons. The molecule has 1 N–H and O–H groups in total. The van der Waals surface area contributed by atoms with Crippen LogP contribution in [0.2, 0.25) is 0 Å². The fraction of sp³-hybridized carbons (Fsp3) is 0.688. The summed E-state index contributed by atoms with van der Waals surface area (Å²) in [4.78, 5) is 30.0. The largest absolute Gasteiger partial charge is 0.376 e. The van der Waals surface area contributed by atoms with Crippen LogP contribution >= 0.6 is 23.5 Å². The Bertz CT molecular complexity index is 671. The number of ether oxygens (including phenoxy) is 1. The van der Waals surface area contributed by atoms with Gasteiger partial charge in [-0.25, -0.2) is 4.98 Å². The lowest BCUT2D eigenvalue weighted by atomic mass is 10.2. The summed E-state index contributed by atoms with van der Waals surface area (Å²) >= 11 is 2.94. The zero-order valence-corrected chi connectivity index (χ0v) is 15.7. The van der Waals surface area contributed by atoms with E-state index in [0.29, 0.717) is 23.5 Å². The van der Waals surface area contributed by atoms with Crippen molar-refractivity contribution in [1.29, 1.82) is 0 Å². The first-order valence-corrected chi connectivity index (χ1v) is 10.3. The molecule has 1 amide bonds. The lowest BCUT2D eigenvalue weighted by Gasteiger charge is -2.13. The standard InChI is InChI=1S/C16H23N3O3S2/c1-3-19-15(21)14-12(7-10(2)24-14)18-16(19)23-9-13(20)17-8-11-5-4-6-22-11/h10-11H,3-9H2,1-2H3,(H,17,20)/t10-,11+/m0/s1. The summed E-state index contributed by atoms with van der Waals surface area (Å²) in [5, 5.41) is 3.93. The Hall–Kier alpha value is -0.990. The van der Waals surface area contributed by atoms with Crippen LogP contribution in [0.4, 0.5) is 0 Å². The molecule has 0 bridgehead atoms. The average Bonchev–Trinajstić information content (AvgIpc) is 3.20. The van der Waals surface area contributed by atoms with Crippen LogP contribution in [0.25, 0.3) is 0 Å². The monoisotopic (exact) mass is 369 g/mol. The van der Waals surface area contributed by atoms with Gasteiger partial charge in [-0.05, 0) is 19.8 Å². The van der Waals surface area contributed by atoms with E-state index in [9.17, 15) is 9.59 Å². The van der Waals surface area contributed by atoms with E-state index in [1.165, 1.54) is 11.8 Å². The van der Waals surface area contributed by atoms with Crippen LogP contribution in [-0.2, 0) is 22.5 Å². The van der Waals surface area contributed by atoms with Gasteiger partial charge in [0.05, 0.1) is 22.4 Å². The molecule has 3 heterocycles. The van der Waals surface area contributed by atoms with Gasteiger partial charge in [0.15, 0.2) is 5.16 Å². The van der Waals surface area contributed by atoms with Crippen molar-refractivity contribution in [3.8, 4) is 0 Å². The molecule has 0 aliphatic carbocycles. The van der Waals surface area contributed by atoms with E-state index in [0.717, 1.165) is 36.5 Å². The van der Waals surface area contributed by atoms with Crippen molar-refractivity contribution in [1.82, 2.24) is 14.9 Å². The lowest BCUT2D eigenvalue weighted by molar-refractivity contribution is -0.119. The smallest absolute Gasteiger partial charge is 0.268 e. The summed E-state index contributed by atoms with van der Waals surface area (Å²) < 4.78 is 7.17. The molecule has 1 aromatic rings. The predicted octanol–water partition coefficient (Wildman–Crippen LogP) is 1.69. The van der Waals surface area contributed by atoms with Crippen molar-refractivity contribution in [2.24, 2.45) is 0 Å². The van der Waals surface area contributed by atoms with Gasteiger partial charge in [0, 0.05) is 31.4 Å². The van der Waals surface area contributed by atoms with Gasteiger partial charge in [0.2, 0.25) is 5.91 Å². The third kappa shape index (κ3) is 3.97. The third-order valence-electron chi connectivity index (χ3n) is 4.16. The fourth-order valence-electron chi connectivity index (χ4n) is 2.93. The van der Waals surface area contributed by atoms with E-state index >= 15 is 0 Å². The Morgan fingerprint density at radius 2 is 2.38 bits per heavy atom. The number of hydrogen-bond donors (Lipinski definition) is 1. The molecule has 0 spiro atoms. The van der Waals surface area contributed by atoms with Gasteiger partial charge in [-0.2, -0.15) is 0 Å². The maximum absolute atomic E-state index is 12.6. The molecule has 6 nitrogen and oxygen atoms in total. The zero-order chi connectivity index (χ0) is 17.1. The molecule has 0 radical (unpaired) electrons. The van der Waals surface area contributed by atoms with Crippen molar-refractivity contribution in [2.45, 2.75) is 61.1 Å². The fourth-order valence-corrected chi connectivity index (χ4v) is 4.96. The van der Waals surface area contributed by atoms with E-state index in [1.807, 2.05) is 6.92 Å². The molecule has 1 fully saturated rings. The first kappa shape index (κ1) is 17.8. The molecule has 1 saturated heterocycles. The van der Waals surface area contributed by atoms with Crippen molar-refractivity contribution < 1.29 is 9.53 Å². The quantitative estimate of drug-likeness (QED) is 0.608. The normalized spacial score (nSPS) is 22.6. The molecular formula is C16H23N3O3S2. The second-order valence-corrected chi connectivity index (χ2v) is 8.47. The molecule has 0 aromatic carbocycles. The van der Waals surface area contributed by atoms with E-state index in [-0.39, 0.29) is 23.3 Å². The lowest BCUT2D eigenvalue weighted by Crippen LogP contribution is -2.33. The zero-order valence-electron chi connectivity index (χ0n) is 14.0. The number of aromatic nitrogens is 2. The van der Waals surface area contributed by atoms with Gasteiger partial charge in [0.25, 0.3) is 5.56 Å². The maximum atomic E-state index is 12.6. The van der Waals surface area contributed by atoms with Crippen LogP contribution in [0, 0.1) is 0 Å². The van der Waals surface area contributed by atoms with Crippen molar-refractivity contribution in [3.63, 3.8) is 0 Å². The Labute approximate surface area is 150 Å². The van der Waals surface area contributed by atoms with Crippen LogP contribution in [-0.4, -0.2) is 45.7 Å². The number of carbonyl (C=O) groups is 1. The predicted molar refractivity (Wildman–Crippen MR) is 95.9 cm³/mol. The highest BCUT2D eigenvalue weighted by Crippen LogP contribution is 2.34. The number of rotatable bonds is 6. The number of hydrogen-bond acceptors (Lipinski definition) is 6. The van der Waals surface area contributed by atoms with Crippen molar-refractivity contribution in [3.05, 3.63) is 16.0 Å². The van der Waals surface area contributed by atoms with Crippen LogP contribution < -0.4 is 10.9 Å². The molecule has 24 heavy (non-hydrogen) atoms. The second kappa shape index (κ2) is 7.93. The number of nitrogens with one attached hydrogen (secondary N) is 1. The van der Waals surface area contributed by atoms with Crippen LogP contribution in [0.15, 0.2) is 14.8 Å². The van der Waals surface area contributed by atoms with Gasteiger partial charge < -0.3 is 10.1 Å². The minimum atomic E-state index is -0.0457. The molecule has 8 heteroatoms. The highest BCUT2D eigenvalue weighted by atomic mass is 32.2. The molecule has 0 unspecified atom stereocenters. The summed E-state index contributed by atoms with van der Waals surface area (Å²) in [6.07, 6.45) is 3.03. The molecule has 1 aromatic heterocycles. The van der Waals surface area contributed by atoms with E-state index < -0.39 is 0 Å². The van der Waals surface area contributed by atoms with Crippen molar-refractivity contribution >= 4 is 29.4 Å². The third-order valence-corrected chi connectivity index (χ3v) is 6.35. The van der Waals surface area contributed by atoms with E-state index in [4.69, 9.17) is 4.74 Å². The van der Waals surface area contributed by atoms with E-state index in [1.54, 1.807) is 16.3 Å². The van der Waals surface area contributed by atoms with Crippen molar-refractivity contribution in [2.75, 3.05) is 18.9 Å². The minimum absolute atomic E-state index is 0.0270. The van der Waals surface area contributed by atoms with Gasteiger partial charge in [-0.15, -0.1) is 11.8 Å². The first-order valence-electron chi connectivity index (χ1n) is 8.40. The molecular weight excluding hydrogens is 346 g/mol. The van der Waals surface area contributed by atoms with Gasteiger partial charge >= 0.3 is 0 Å². The van der Waals surface area contributed by atoms with Crippen LogP contribution in [0.5, 0.6) is 0 Å². The second-order valence-electron chi connectivity index (χ2n) is 6.08. The summed E-state index contributed by atoms with van der Waals surface area (Å²) in [6.45, 7) is 5.95. The van der Waals surface area contributed by atoms with Gasteiger partial charge in [-0.3, -0.25) is 14.2 Å². The Morgan fingerprint density at radius 1 is 1.54 bits per heavy atom. The highest BCUT2D eigenvalue weighted by Gasteiger charge is 2.26. The average molecular weight is 370 g/mol.